The maximum Gasteiger partial charge on any atom is 0.405 e. The molecule has 0 aliphatic carbocycles. The summed E-state index contributed by atoms with van der Waals surface area (Å²) in [5.74, 6) is -4.85. The molecule has 0 saturated carbocycles. The van der Waals surface area contributed by atoms with E-state index in [1.54, 1.807) is 15.9 Å². The summed E-state index contributed by atoms with van der Waals surface area (Å²) in [6, 6.07) is 12.1. The lowest BCUT2D eigenvalue weighted by molar-refractivity contribution is -0.278. The largest absolute Gasteiger partial charge is 0.405 e. The lowest BCUT2D eigenvalue weighted by Crippen LogP contribution is -2.65. The number of hydrogen-bond donors (Lipinski definition) is 0. The van der Waals surface area contributed by atoms with Crippen molar-refractivity contribution in [3.63, 3.8) is 0 Å². The Bertz CT molecular complexity index is 1400. The number of ether oxygens (including phenoxy) is 2. The number of nitrogens with zero attached hydrogens (tertiary/aromatic N) is 3. The quantitative estimate of drug-likeness (QED) is 0.501. The van der Waals surface area contributed by atoms with Crippen LogP contribution in [-0.2, 0) is 36.8 Å². The third kappa shape index (κ3) is 4.17. The molecule has 0 N–H and O–H groups in total. The van der Waals surface area contributed by atoms with Crippen LogP contribution in [-0.4, -0.2) is 58.3 Å². The maximum atomic E-state index is 14.0. The second-order valence-corrected chi connectivity index (χ2v) is 9.47. The van der Waals surface area contributed by atoms with Crippen LogP contribution in [0.3, 0.4) is 0 Å². The van der Waals surface area contributed by atoms with Gasteiger partial charge in [-0.3, -0.25) is 4.79 Å². The number of benzene rings is 2. The van der Waals surface area contributed by atoms with Gasteiger partial charge in [0.05, 0.1) is 5.69 Å². The highest BCUT2D eigenvalue weighted by molar-refractivity contribution is 5.98. The molecule has 1 aromatic heterocycles. The van der Waals surface area contributed by atoms with E-state index in [9.17, 15) is 18.8 Å². The molecule has 1 amide bonds. The van der Waals surface area contributed by atoms with Crippen molar-refractivity contribution >= 4 is 28.8 Å². The predicted octanol–water partition coefficient (Wildman–Crippen LogP) is 3.04. The molecular weight excluding hydrogens is 481 g/mol. The van der Waals surface area contributed by atoms with Gasteiger partial charge in [0.1, 0.15) is 5.82 Å². The normalized spacial score (nSPS) is 20.3. The summed E-state index contributed by atoms with van der Waals surface area (Å²) in [6.45, 7) is 1.29. The lowest BCUT2D eigenvalue weighted by atomic mass is 9.91. The smallest absolute Gasteiger partial charge is 0.397 e. The van der Waals surface area contributed by atoms with Gasteiger partial charge in [0.25, 0.3) is 0 Å². The van der Waals surface area contributed by atoms with E-state index in [0.29, 0.717) is 44.5 Å². The maximum absolute atomic E-state index is 14.0. The first-order chi connectivity index (χ1) is 17.9. The molecule has 37 heavy (non-hydrogen) atoms. The van der Waals surface area contributed by atoms with Crippen molar-refractivity contribution < 1.29 is 32.8 Å². The Morgan fingerprint density at radius 3 is 2.41 bits per heavy atom. The number of piperidine rings is 1. The van der Waals surface area contributed by atoms with Crippen LogP contribution >= 0.6 is 0 Å². The Kier molecular flexibility index (Phi) is 5.75. The van der Waals surface area contributed by atoms with Crippen molar-refractivity contribution in [2.45, 2.75) is 37.6 Å². The molecule has 10 heteroatoms. The average Bonchev–Trinajstić information content (AvgIpc) is 3.26. The molecule has 0 unspecified atom stereocenters. The van der Waals surface area contributed by atoms with Gasteiger partial charge in [0.2, 0.25) is 0 Å². The average molecular weight is 506 g/mol. The number of hydrogen-bond acceptors (Lipinski definition) is 8. The zero-order chi connectivity index (χ0) is 25.6. The van der Waals surface area contributed by atoms with E-state index in [1.165, 1.54) is 12.1 Å². The van der Waals surface area contributed by atoms with Crippen molar-refractivity contribution in [2.75, 3.05) is 19.6 Å². The summed E-state index contributed by atoms with van der Waals surface area (Å²) in [6.07, 6.45) is 3.67. The van der Waals surface area contributed by atoms with Crippen LogP contribution in [0.5, 0.6) is 0 Å². The summed E-state index contributed by atoms with van der Waals surface area (Å²) in [4.78, 5) is 42.2. The monoisotopic (exact) mass is 505 g/mol. The number of carbonyl (C=O) groups excluding carboxylic acids is 3. The van der Waals surface area contributed by atoms with Crippen LogP contribution in [0.4, 0.5) is 4.39 Å². The predicted molar refractivity (Wildman–Crippen MR) is 127 cm³/mol. The Balaban J connectivity index is 1.26. The fourth-order valence-electron chi connectivity index (χ4n) is 5.38. The molecule has 1 fully saturated rings. The summed E-state index contributed by atoms with van der Waals surface area (Å²) in [5.41, 5.74) is 3.20. The molecule has 2 aromatic carbocycles. The van der Waals surface area contributed by atoms with Crippen molar-refractivity contribution in [1.29, 1.82) is 0 Å². The number of cyclic esters (lactones) is 2. The van der Waals surface area contributed by atoms with Gasteiger partial charge in [-0.1, -0.05) is 29.4 Å². The summed E-state index contributed by atoms with van der Waals surface area (Å²) >= 11 is 0. The molecule has 0 spiro atoms. The van der Waals surface area contributed by atoms with Crippen molar-refractivity contribution in [3.8, 4) is 0 Å². The number of aromatic nitrogens is 1. The number of halogens is 1. The minimum Gasteiger partial charge on any atom is -0.397 e. The van der Waals surface area contributed by atoms with Gasteiger partial charge < -0.3 is 18.9 Å². The SMILES string of the molecule is O=C1C=CC(=O)OC(C(=O)N2CCC(c3noc4cc(F)ccc34)CC2)(N2CCc3ccccc3C2)O1. The number of rotatable bonds is 3. The van der Waals surface area contributed by atoms with E-state index in [2.05, 4.69) is 5.16 Å². The van der Waals surface area contributed by atoms with E-state index in [4.69, 9.17) is 14.0 Å². The van der Waals surface area contributed by atoms with Gasteiger partial charge in [0, 0.05) is 55.7 Å². The number of likely N-dealkylation sites (tertiary alicyclic amines) is 1. The van der Waals surface area contributed by atoms with Gasteiger partial charge >= 0.3 is 23.8 Å². The molecule has 3 aromatic rings. The third-order valence-electron chi connectivity index (χ3n) is 7.28. The zero-order valence-corrected chi connectivity index (χ0v) is 19.9. The van der Waals surface area contributed by atoms with Crippen LogP contribution in [0.1, 0.15) is 35.6 Å². The van der Waals surface area contributed by atoms with Gasteiger partial charge in [-0.2, -0.15) is 0 Å². The standard InChI is InChI=1S/C27H24FN3O6/c28-20-5-6-21-22(15-20)37-29-25(21)18-9-12-30(13-10-18)26(34)27(35-23(32)7-8-24(33)36-27)31-14-11-17-3-1-2-4-19(17)16-31/h1-8,15,18H,9-14,16H2. The van der Waals surface area contributed by atoms with Crippen LogP contribution in [0.2, 0.25) is 0 Å². The molecule has 4 heterocycles. The van der Waals surface area contributed by atoms with Gasteiger partial charge in [0.15, 0.2) is 5.58 Å². The van der Waals surface area contributed by atoms with E-state index in [0.717, 1.165) is 34.4 Å². The van der Waals surface area contributed by atoms with Crippen LogP contribution in [0, 0.1) is 5.82 Å². The number of esters is 2. The van der Waals surface area contributed by atoms with Gasteiger partial charge in [-0.15, -0.1) is 0 Å². The molecule has 0 bridgehead atoms. The molecule has 6 rings (SSSR count). The minimum absolute atomic E-state index is 0.00512. The van der Waals surface area contributed by atoms with Crippen molar-refractivity contribution in [3.05, 3.63) is 77.3 Å². The highest BCUT2D eigenvalue weighted by atomic mass is 19.1. The summed E-state index contributed by atoms with van der Waals surface area (Å²) < 4.78 is 30.1. The van der Waals surface area contributed by atoms with E-state index in [-0.39, 0.29) is 12.5 Å². The molecule has 190 valence electrons. The van der Waals surface area contributed by atoms with Gasteiger partial charge in [-0.05, 0) is 42.5 Å². The van der Waals surface area contributed by atoms with Crippen LogP contribution in [0.15, 0.2) is 59.1 Å². The molecular formula is C27H24FN3O6. The Morgan fingerprint density at radius 1 is 0.973 bits per heavy atom. The van der Waals surface area contributed by atoms with Crippen LogP contribution in [0.25, 0.3) is 11.0 Å². The first-order valence-corrected chi connectivity index (χ1v) is 12.2. The number of fused-ring (bicyclic) bond motifs is 2. The summed E-state index contributed by atoms with van der Waals surface area (Å²) in [7, 11) is 0. The molecule has 0 radical (unpaired) electrons. The molecule has 9 nitrogen and oxygen atoms in total. The zero-order valence-electron chi connectivity index (χ0n) is 19.9. The Labute approximate surface area is 211 Å². The molecule has 3 aliphatic heterocycles. The van der Waals surface area contributed by atoms with Crippen molar-refractivity contribution in [2.24, 2.45) is 0 Å². The first kappa shape index (κ1) is 23.4. The summed E-state index contributed by atoms with van der Waals surface area (Å²) in [5, 5.41) is 4.90. The Morgan fingerprint density at radius 2 is 1.68 bits per heavy atom. The highest BCUT2D eigenvalue weighted by Gasteiger charge is 2.56. The molecule has 3 aliphatic rings. The second kappa shape index (κ2) is 9.11. The van der Waals surface area contributed by atoms with Crippen LogP contribution < -0.4 is 0 Å². The molecule has 1 saturated heterocycles. The van der Waals surface area contributed by atoms with Crippen molar-refractivity contribution in [1.82, 2.24) is 15.0 Å². The van der Waals surface area contributed by atoms with E-state index in [1.807, 2.05) is 24.3 Å². The lowest BCUT2D eigenvalue weighted by Gasteiger charge is -2.44. The number of amides is 1. The fraction of sp³-hybridized carbons (Fsp3) is 0.333. The first-order valence-electron chi connectivity index (χ1n) is 12.2. The minimum atomic E-state index is -2.20. The fourth-order valence-corrected chi connectivity index (χ4v) is 5.38. The topological polar surface area (TPSA) is 102 Å². The number of carbonyl (C=O) groups is 3. The molecule has 0 atom stereocenters. The third-order valence-corrected chi connectivity index (χ3v) is 7.28. The highest BCUT2D eigenvalue weighted by Crippen LogP contribution is 2.36. The Hall–Kier alpha value is -4.05. The van der Waals surface area contributed by atoms with Gasteiger partial charge in [-0.25, -0.2) is 18.9 Å². The van der Waals surface area contributed by atoms with E-state index >= 15 is 0 Å². The second-order valence-electron chi connectivity index (χ2n) is 9.47. The van der Waals surface area contributed by atoms with E-state index < -0.39 is 29.6 Å².